The van der Waals surface area contributed by atoms with Gasteiger partial charge in [0.15, 0.2) is 0 Å². The summed E-state index contributed by atoms with van der Waals surface area (Å²) in [4.78, 5) is 18.7. The molecule has 2 aromatic carbocycles. The fourth-order valence-corrected chi connectivity index (χ4v) is 5.63. The molecule has 2 aliphatic rings. The number of halogens is 4. The highest BCUT2D eigenvalue weighted by Crippen LogP contribution is 2.37. The summed E-state index contributed by atoms with van der Waals surface area (Å²) in [5.41, 5.74) is 0.217. The third-order valence-electron chi connectivity index (χ3n) is 6.59. The van der Waals surface area contributed by atoms with Crippen molar-refractivity contribution >= 4 is 33.3 Å². The number of piperazine rings is 1. The van der Waals surface area contributed by atoms with Crippen LogP contribution in [0.4, 0.5) is 23.7 Å². The van der Waals surface area contributed by atoms with Gasteiger partial charge in [0.2, 0.25) is 10.0 Å². The molecule has 0 saturated carbocycles. The summed E-state index contributed by atoms with van der Waals surface area (Å²) in [7, 11) is -3.20. The molecule has 2 heterocycles. The van der Waals surface area contributed by atoms with Gasteiger partial charge in [-0.3, -0.25) is 4.90 Å². The first kappa shape index (κ1) is 26.7. The van der Waals surface area contributed by atoms with E-state index in [0.717, 1.165) is 12.1 Å². The molecule has 0 aliphatic carbocycles. The number of hydrogen-bond donors (Lipinski definition) is 0. The van der Waals surface area contributed by atoms with Crippen LogP contribution < -0.4 is 4.90 Å². The number of carbonyl (C=O) groups excluding carboxylic acids is 1. The summed E-state index contributed by atoms with van der Waals surface area (Å²) in [6.45, 7) is 3.48. The van der Waals surface area contributed by atoms with Crippen LogP contribution in [-0.4, -0.2) is 80.6 Å². The molecule has 36 heavy (non-hydrogen) atoms. The van der Waals surface area contributed by atoms with Crippen molar-refractivity contribution in [1.82, 2.24) is 14.1 Å². The number of urea groups is 1. The minimum atomic E-state index is -4.48. The molecule has 0 unspecified atom stereocenters. The van der Waals surface area contributed by atoms with Crippen molar-refractivity contribution in [3.05, 3.63) is 64.7 Å². The Morgan fingerprint density at radius 2 is 1.67 bits per heavy atom. The maximum absolute atomic E-state index is 13.4. The lowest BCUT2D eigenvalue weighted by Gasteiger charge is -2.33. The molecule has 2 aromatic rings. The monoisotopic (exact) mass is 544 g/mol. The molecule has 1 atom stereocenters. The Bertz CT molecular complexity index is 1190. The molecule has 0 spiro atoms. The Labute approximate surface area is 214 Å². The number of alkyl halides is 3. The first-order valence-electron chi connectivity index (χ1n) is 11.6. The number of benzene rings is 2. The molecule has 7 nitrogen and oxygen atoms in total. The molecule has 196 valence electrons. The van der Waals surface area contributed by atoms with Gasteiger partial charge >= 0.3 is 12.2 Å². The van der Waals surface area contributed by atoms with Crippen molar-refractivity contribution in [2.24, 2.45) is 0 Å². The smallest absolute Gasteiger partial charge is 0.322 e. The zero-order valence-electron chi connectivity index (χ0n) is 19.8. The summed E-state index contributed by atoms with van der Waals surface area (Å²) >= 11 is 6.00. The Morgan fingerprint density at radius 3 is 2.28 bits per heavy atom. The second-order valence-electron chi connectivity index (χ2n) is 9.07. The number of nitrogens with zero attached hydrogens (tertiary/aromatic N) is 4. The van der Waals surface area contributed by atoms with Crippen LogP contribution >= 0.6 is 11.6 Å². The second-order valence-corrected chi connectivity index (χ2v) is 11.5. The van der Waals surface area contributed by atoms with Gasteiger partial charge in [0.25, 0.3) is 0 Å². The zero-order valence-corrected chi connectivity index (χ0v) is 21.4. The standard InChI is InChI=1S/C24H28ClF3N4O3S/c1-36(34,35)31-14-12-29(13-15-31)10-3-11-30-17-22(18-4-2-5-19(16-18)24(26,27)28)32(23(30)33)21-8-6-20(25)7-9-21/h2,4-9,16,22H,3,10-15,17H2,1H3/t22-/m1/s1. The van der Waals surface area contributed by atoms with Gasteiger partial charge in [-0.05, 0) is 54.9 Å². The van der Waals surface area contributed by atoms with E-state index < -0.39 is 27.8 Å². The fraction of sp³-hybridized carbons (Fsp3) is 0.458. The zero-order chi connectivity index (χ0) is 26.1. The normalized spacial score (nSPS) is 20.4. The highest BCUT2D eigenvalue weighted by molar-refractivity contribution is 7.88. The third-order valence-corrected chi connectivity index (χ3v) is 8.14. The average Bonchev–Trinajstić information content (AvgIpc) is 3.15. The topological polar surface area (TPSA) is 64.2 Å². The van der Waals surface area contributed by atoms with Gasteiger partial charge in [-0.25, -0.2) is 13.2 Å². The van der Waals surface area contributed by atoms with E-state index in [-0.39, 0.29) is 12.6 Å². The van der Waals surface area contributed by atoms with Crippen LogP contribution in [0.3, 0.4) is 0 Å². The van der Waals surface area contributed by atoms with Crippen molar-refractivity contribution in [3.63, 3.8) is 0 Å². The van der Waals surface area contributed by atoms with Gasteiger partial charge in [-0.15, -0.1) is 0 Å². The molecular formula is C24H28ClF3N4O3S. The average molecular weight is 545 g/mol. The molecule has 0 radical (unpaired) electrons. The first-order chi connectivity index (χ1) is 16.9. The predicted octanol–water partition coefficient (Wildman–Crippen LogP) is 4.31. The Morgan fingerprint density at radius 1 is 1.00 bits per heavy atom. The molecule has 12 heteroatoms. The molecule has 0 bridgehead atoms. The Kier molecular flexibility index (Phi) is 7.84. The van der Waals surface area contributed by atoms with Crippen molar-refractivity contribution in [2.45, 2.75) is 18.6 Å². The minimum absolute atomic E-state index is 0.255. The molecule has 2 aliphatic heterocycles. The van der Waals surface area contributed by atoms with E-state index in [4.69, 9.17) is 11.6 Å². The third kappa shape index (κ3) is 6.13. The summed E-state index contributed by atoms with van der Waals surface area (Å²) in [6.07, 6.45) is -2.62. The minimum Gasteiger partial charge on any atom is -0.322 e. The molecule has 0 N–H and O–H groups in total. The number of rotatable bonds is 7. The lowest BCUT2D eigenvalue weighted by Crippen LogP contribution is -2.48. The highest BCUT2D eigenvalue weighted by atomic mass is 35.5. The van der Waals surface area contributed by atoms with E-state index in [2.05, 4.69) is 4.90 Å². The van der Waals surface area contributed by atoms with Crippen LogP contribution in [0.15, 0.2) is 48.5 Å². The lowest BCUT2D eigenvalue weighted by atomic mass is 10.0. The van der Waals surface area contributed by atoms with Crippen molar-refractivity contribution in [2.75, 3.05) is 57.0 Å². The van der Waals surface area contributed by atoms with Crippen LogP contribution in [-0.2, 0) is 16.2 Å². The molecule has 2 fully saturated rings. The van der Waals surface area contributed by atoms with Crippen LogP contribution in [0.5, 0.6) is 0 Å². The van der Waals surface area contributed by atoms with E-state index in [1.54, 1.807) is 35.2 Å². The fourth-order valence-electron chi connectivity index (χ4n) is 4.68. The molecule has 4 rings (SSSR count). The summed E-state index contributed by atoms with van der Waals surface area (Å²) in [5, 5.41) is 0.494. The highest BCUT2D eigenvalue weighted by Gasteiger charge is 2.40. The summed E-state index contributed by atoms with van der Waals surface area (Å²) in [5.74, 6) is 0. The van der Waals surface area contributed by atoms with Gasteiger partial charge in [0.1, 0.15) is 0 Å². The quantitative estimate of drug-likeness (QED) is 0.521. The largest absolute Gasteiger partial charge is 0.416 e. The van der Waals surface area contributed by atoms with Crippen molar-refractivity contribution < 1.29 is 26.4 Å². The summed E-state index contributed by atoms with van der Waals surface area (Å²) in [6, 6.07) is 10.9. The number of sulfonamides is 1. The van der Waals surface area contributed by atoms with Crippen LogP contribution in [0.2, 0.25) is 5.02 Å². The molecule has 0 aromatic heterocycles. The maximum atomic E-state index is 13.4. The second kappa shape index (κ2) is 10.6. The van der Waals surface area contributed by atoms with E-state index in [1.807, 2.05) is 0 Å². The first-order valence-corrected chi connectivity index (χ1v) is 13.8. The summed E-state index contributed by atoms with van der Waals surface area (Å²) < 4.78 is 64.9. The van der Waals surface area contributed by atoms with E-state index in [0.29, 0.717) is 62.0 Å². The number of carbonyl (C=O) groups is 1. The van der Waals surface area contributed by atoms with Gasteiger partial charge < -0.3 is 9.80 Å². The van der Waals surface area contributed by atoms with Crippen molar-refractivity contribution in [3.8, 4) is 0 Å². The predicted molar refractivity (Wildman–Crippen MR) is 133 cm³/mol. The molecule has 2 amide bonds. The van der Waals surface area contributed by atoms with Gasteiger partial charge in [-0.2, -0.15) is 17.5 Å². The van der Waals surface area contributed by atoms with E-state index >= 15 is 0 Å². The maximum Gasteiger partial charge on any atom is 0.416 e. The van der Waals surface area contributed by atoms with Crippen LogP contribution in [0, 0.1) is 0 Å². The Balaban J connectivity index is 1.47. The van der Waals surface area contributed by atoms with Gasteiger partial charge in [0, 0.05) is 50.0 Å². The van der Waals surface area contributed by atoms with Gasteiger partial charge in [-0.1, -0.05) is 23.7 Å². The molecule has 2 saturated heterocycles. The number of anilines is 1. The SMILES string of the molecule is CS(=O)(=O)N1CCN(CCCN2C[C@H](c3cccc(C(F)(F)F)c3)N(c3ccc(Cl)cc3)C2=O)CC1. The lowest BCUT2D eigenvalue weighted by molar-refractivity contribution is -0.137. The number of hydrogen-bond acceptors (Lipinski definition) is 4. The van der Waals surface area contributed by atoms with E-state index in [1.165, 1.54) is 21.5 Å². The molecular weight excluding hydrogens is 517 g/mol. The number of amides is 2. The van der Waals surface area contributed by atoms with Gasteiger partial charge in [0.05, 0.1) is 17.9 Å². The van der Waals surface area contributed by atoms with Crippen molar-refractivity contribution in [1.29, 1.82) is 0 Å². The Hall–Kier alpha value is -2.34. The van der Waals surface area contributed by atoms with E-state index in [9.17, 15) is 26.4 Å². The van der Waals surface area contributed by atoms with Crippen LogP contribution in [0.1, 0.15) is 23.6 Å². The van der Waals surface area contributed by atoms with Crippen LogP contribution in [0.25, 0.3) is 0 Å².